The molecule has 3 aliphatic heterocycles. The minimum atomic E-state index is -1.40. The van der Waals surface area contributed by atoms with E-state index >= 15 is 0 Å². The van der Waals surface area contributed by atoms with Crippen LogP contribution in [0.15, 0.2) is 6.33 Å². The third-order valence-corrected chi connectivity index (χ3v) is 8.28. The number of nitrogens with zero attached hydrogens (tertiary/aromatic N) is 5. The van der Waals surface area contributed by atoms with Crippen molar-refractivity contribution in [3.8, 4) is 0 Å². The van der Waals surface area contributed by atoms with Gasteiger partial charge in [0.15, 0.2) is 23.8 Å². The highest BCUT2D eigenvalue weighted by Crippen LogP contribution is 2.33. The summed E-state index contributed by atoms with van der Waals surface area (Å²) in [4.78, 5) is 51.3. The summed E-state index contributed by atoms with van der Waals surface area (Å²) < 4.78 is 12.7. The summed E-state index contributed by atoms with van der Waals surface area (Å²) in [6.07, 6.45) is 1.68. The molecule has 5 atom stereocenters. The Morgan fingerprint density at radius 2 is 1.91 bits per heavy atom. The van der Waals surface area contributed by atoms with Crippen LogP contribution in [-0.2, 0) is 25.5 Å². The van der Waals surface area contributed by atoms with Crippen LogP contribution in [0, 0.1) is 5.92 Å². The maximum absolute atomic E-state index is 12.5. The van der Waals surface area contributed by atoms with Crippen molar-refractivity contribution in [2.75, 3.05) is 25.4 Å². The Kier molecular flexibility index (Phi) is 9.62. The smallest absolute Gasteiger partial charge is 0.410 e. The van der Waals surface area contributed by atoms with E-state index in [0.29, 0.717) is 49.0 Å². The summed E-state index contributed by atoms with van der Waals surface area (Å²) in [5, 5.41) is 26.7. The molecule has 15 heteroatoms. The summed E-state index contributed by atoms with van der Waals surface area (Å²) in [6.45, 7) is 5.59. The van der Waals surface area contributed by atoms with Gasteiger partial charge in [-0.25, -0.2) is 19.7 Å². The number of anilines is 1. The number of carbonyl (C=O) groups excluding carboxylic acids is 3. The van der Waals surface area contributed by atoms with Gasteiger partial charge in [0.1, 0.15) is 29.7 Å². The molecule has 15 nitrogen and oxygen atoms in total. The van der Waals surface area contributed by atoms with Crippen LogP contribution in [0.1, 0.15) is 70.8 Å². The van der Waals surface area contributed by atoms with Crippen LogP contribution in [-0.4, -0.2) is 103 Å². The van der Waals surface area contributed by atoms with Crippen LogP contribution in [0.3, 0.4) is 0 Å². The first-order chi connectivity index (χ1) is 20.8. The highest BCUT2D eigenvalue weighted by atomic mass is 16.6. The number of piperidine rings is 1. The zero-order valence-electron chi connectivity index (χ0n) is 24.6. The molecule has 4 fully saturated rings. The maximum atomic E-state index is 12.5. The number of nitrogens with two attached hydrogens (primary N) is 1. The number of aromatic nitrogens is 4. The Bertz CT molecular complexity index is 1310. The van der Waals surface area contributed by atoms with Crippen molar-refractivity contribution in [2.24, 2.45) is 5.92 Å². The summed E-state index contributed by atoms with van der Waals surface area (Å²) in [5.41, 5.74) is 6.89. The fourth-order valence-electron chi connectivity index (χ4n) is 5.73. The lowest BCUT2D eigenvalue weighted by Gasteiger charge is -2.32. The predicted octanol–water partition coefficient (Wildman–Crippen LogP) is 0.392. The van der Waals surface area contributed by atoms with Gasteiger partial charge < -0.3 is 41.0 Å². The Labute approximate surface area is 249 Å². The predicted molar refractivity (Wildman–Crippen MR) is 153 cm³/mol. The molecule has 0 aromatic carbocycles. The molecule has 0 spiro atoms. The molecule has 1 aliphatic carbocycles. The van der Waals surface area contributed by atoms with Crippen LogP contribution < -0.4 is 16.4 Å². The number of nitrogens with one attached hydrogen (secondary N) is 2. The second kappa shape index (κ2) is 13.4. The lowest BCUT2D eigenvalue weighted by molar-refractivity contribution is -0.137. The average molecular weight is 603 g/mol. The number of rotatable bonds is 8. The summed E-state index contributed by atoms with van der Waals surface area (Å²) in [7, 11) is 0. The van der Waals surface area contributed by atoms with Gasteiger partial charge in [-0.2, -0.15) is 0 Å². The average Bonchev–Trinajstić information content (AvgIpc) is 3.43. The summed E-state index contributed by atoms with van der Waals surface area (Å²) in [5.74, 6) is 0.619. The molecule has 1 saturated carbocycles. The number of nitrogen functional groups attached to an aromatic ring is 1. The number of aliphatic hydroxyl groups is 2. The zero-order chi connectivity index (χ0) is 30.7. The minimum Gasteiger partial charge on any atom is -0.444 e. The minimum absolute atomic E-state index is 0.0927. The molecule has 5 heterocycles. The van der Waals surface area contributed by atoms with E-state index < -0.39 is 36.6 Å². The number of likely N-dealkylation sites (tertiary alicyclic amines) is 1. The molecule has 236 valence electrons. The number of aliphatic hydroxyl groups excluding tert-OH is 2. The van der Waals surface area contributed by atoms with Gasteiger partial charge in [0.25, 0.3) is 5.91 Å². The third-order valence-electron chi connectivity index (χ3n) is 8.28. The molecular weight excluding hydrogens is 560 g/mol. The zero-order valence-corrected chi connectivity index (χ0v) is 24.6. The van der Waals surface area contributed by atoms with Gasteiger partial charge in [0.05, 0.1) is 19.3 Å². The van der Waals surface area contributed by atoms with Gasteiger partial charge in [0, 0.05) is 25.6 Å². The Balaban J connectivity index is 0.00000180. The second-order valence-electron chi connectivity index (χ2n) is 11.4. The lowest BCUT2D eigenvalue weighted by Crippen LogP contribution is -2.43. The lowest BCUT2D eigenvalue weighted by atomic mass is 9.91. The van der Waals surface area contributed by atoms with Crippen LogP contribution in [0.2, 0.25) is 0 Å². The van der Waals surface area contributed by atoms with E-state index in [1.165, 1.54) is 10.9 Å². The van der Waals surface area contributed by atoms with E-state index in [1.807, 2.05) is 13.8 Å². The molecule has 43 heavy (non-hydrogen) atoms. The van der Waals surface area contributed by atoms with Crippen molar-refractivity contribution in [2.45, 2.75) is 102 Å². The summed E-state index contributed by atoms with van der Waals surface area (Å²) >= 11 is 0. The summed E-state index contributed by atoms with van der Waals surface area (Å²) in [6, 6.07) is 0.0927. The van der Waals surface area contributed by atoms with E-state index in [9.17, 15) is 24.6 Å². The van der Waals surface area contributed by atoms with Gasteiger partial charge in [-0.3, -0.25) is 14.2 Å². The Morgan fingerprint density at radius 3 is 2.58 bits per heavy atom. The molecule has 0 bridgehead atoms. The van der Waals surface area contributed by atoms with Gasteiger partial charge in [-0.05, 0) is 44.4 Å². The van der Waals surface area contributed by atoms with Gasteiger partial charge in [-0.15, -0.1) is 0 Å². The SMILES string of the molecule is CC.Nc1nc(CCCC2CCN(C(=O)OC3CNC(=O)C3)CC2)nc2c1ncn2[C@@H]1O[C@H](C(=O)NC2CC2)[C@H](O)C1O. The molecule has 3 saturated heterocycles. The number of aryl methyl sites for hydroxylation is 1. The van der Waals surface area contributed by atoms with Gasteiger partial charge >= 0.3 is 6.09 Å². The monoisotopic (exact) mass is 602 g/mol. The van der Waals surface area contributed by atoms with E-state index in [1.54, 1.807) is 4.90 Å². The third kappa shape index (κ3) is 6.99. The first-order valence-electron chi connectivity index (χ1n) is 15.3. The topological polar surface area (TPSA) is 207 Å². The number of ether oxygens (including phenoxy) is 2. The van der Waals surface area contributed by atoms with Crippen molar-refractivity contribution in [3.63, 3.8) is 0 Å². The van der Waals surface area contributed by atoms with E-state index in [0.717, 1.165) is 38.5 Å². The molecule has 2 aromatic rings. The van der Waals surface area contributed by atoms with E-state index in [-0.39, 0.29) is 30.3 Å². The van der Waals surface area contributed by atoms with Crippen molar-refractivity contribution in [1.82, 2.24) is 35.1 Å². The standard InChI is InChI=1S/C26H36N8O7.C2H6/c27-22-18-23(34(12-29-18)25-20(37)19(36)21(41-25)24(38)30-14-4-5-14)32-16(31-22)3-1-2-13-6-8-33(9-7-13)26(39)40-15-10-17(35)28-11-15;1-2/h12-15,19-21,25,36-37H,1-11H2,(H,28,35)(H,30,38)(H2,27,31,32);1-2H3/t15?,19-,20?,21+,25-;/m1./s1. The number of hydrogen-bond acceptors (Lipinski definition) is 11. The molecule has 2 unspecified atom stereocenters. The van der Waals surface area contributed by atoms with Gasteiger partial charge in [-0.1, -0.05) is 13.8 Å². The van der Waals surface area contributed by atoms with Crippen LogP contribution in [0.4, 0.5) is 10.6 Å². The molecular formula is C28H42N8O7. The van der Waals surface area contributed by atoms with Crippen LogP contribution in [0.25, 0.3) is 11.2 Å². The fraction of sp³-hybridized carbons (Fsp3) is 0.714. The van der Waals surface area contributed by atoms with Crippen LogP contribution in [0.5, 0.6) is 0 Å². The quantitative estimate of drug-likeness (QED) is 0.279. The molecule has 3 amide bonds. The molecule has 0 radical (unpaired) electrons. The fourth-order valence-corrected chi connectivity index (χ4v) is 5.73. The van der Waals surface area contributed by atoms with Gasteiger partial charge in [0.2, 0.25) is 5.91 Å². The molecule has 6 N–H and O–H groups in total. The number of imidazole rings is 1. The Hall–Kier alpha value is -3.56. The maximum Gasteiger partial charge on any atom is 0.410 e. The number of amides is 3. The molecule has 4 aliphatic rings. The normalized spacial score (nSPS) is 27.5. The van der Waals surface area contributed by atoms with Crippen molar-refractivity contribution in [3.05, 3.63) is 12.2 Å². The molecule has 2 aromatic heterocycles. The van der Waals surface area contributed by atoms with E-state index in [2.05, 4.69) is 25.6 Å². The van der Waals surface area contributed by atoms with Crippen molar-refractivity contribution >= 4 is 34.9 Å². The largest absolute Gasteiger partial charge is 0.444 e. The number of hydrogen-bond donors (Lipinski definition) is 5. The van der Waals surface area contributed by atoms with E-state index in [4.69, 9.17) is 15.2 Å². The highest BCUT2D eigenvalue weighted by Gasteiger charge is 2.48. The number of carbonyl (C=O) groups is 3. The molecule has 6 rings (SSSR count). The second-order valence-corrected chi connectivity index (χ2v) is 11.4. The number of fused-ring (bicyclic) bond motifs is 1. The first-order valence-corrected chi connectivity index (χ1v) is 15.3. The van der Waals surface area contributed by atoms with Crippen molar-refractivity contribution in [1.29, 1.82) is 0 Å². The van der Waals surface area contributed by atoms with Crippen LogP contribution >= 0.6 is 0 Å². The van der Waals surface area contributed by atoms with Crippen molar-refractivity contribution < 1.29 is 34.1 Å². The highest BCUT2D eigenvalue weighted by molar-refractivity contribution is 5.83. The first kappa shape index (κ1) is 30.9. The Morgan fingerprint density at radius 1 is 1.16 bits per heavy atom.